The van der Waals surface area contributed by atoms with Crippen molar-refractivity contribution in [2.24, 2.45) is 0 Å². The molecule has 0 atom stereocenters. The molecule has 1 amide bonds. The SMILES string of the molecule is CC(=O)Nc1ccccc1CCn1cnc(C)c1. The number of carbonyl (C=O) groups excluding carboxylic acids is 1. The van der Waals surface area contributed by atoms with Gasteiger partial charge < -0.3 is 9.88 Å². The number of nitrogens with one attached hydrogen (secondary N) is 1. The Balaban J connectivity index is 2.06. The van der Waals surface area contributed by atoms with Crippen molar-refractivity contribution in [1.29, 1.82) is 0 Å². The maximum Gasteiger partial charge on any atom is 0.221 e. The molecule has 1 aromatic carbocycles. The summed E-state index contributed by atoms with van der Waals surface area (Å²) in [7, 11) is 0. The fourth-order valence-electron chi connectivity index (χ4n) is 1.89. The summed E-state index contributed by atoms with van der Waals surface area (Å²) in [6.45, 7) is 4.36. The second-order valence-corrected chi connectivity index (χ2v) is 4.34. The van der Waals surface area contributed by atoms with Crippen molar-refractivity contribution < 1.29 is 4.79 Å². The van der Waals surface area contributed by atoms with E-state index < -0.39 is 0 Å². The summed E-state index contributed by atoms with van der Waals surface area (Å²) in [6.07, 6.45) is 4.71. The molecule has 0 aliphatic rings. The second kappa shape index (κ2) is 5.49. The largest absolute Gasteiger partial charge is 0.337 e. The van der Waals surface area contributed by atoms with E-state index in [9.17, 15) is 4.79 Å². The Morgan fingerprint density at radius 3 is 2.83 bits per heavy atom. The molecule has 0 aliphatic heterocycles. The normalized spacial score (nSPS) is 10.3. The molecule has 4 nitrogen and oxygen atoms in total. The minimum absolute atomic E-state index is 0.0408. The third-order valence-electron chi connectivity index (χ3n) is 2.73. The number of anilines is 1. The highest BCUT2D eigenvalue weighted by Gasteiger charge is 2.03. The summed E-state index contributed by atoms with van der Waals surface area (Å²) in [4.78, 5) is 15.3. The van der Waals surface area contributed by atoms with E-state index in [0.717, 1.165) is 29.9 Å². The molecule has 0 unspecified atom stereocenters. The van der Waals surface area contributed by atoms with Crippen molar-refractivity contribution in [2.45, 2.75) is 26.8 Å². The lowest BCUT2D eigenvalue weighted by molar-refractivity contribution is -0.114. The highest BCUT2D eigenvalue weighted by Crippen LogP contribution is 2.16. The zero-order valence-corrected chi connectivity index (χ0v) is 10.7. The highest BCUT2D eigenvalue weighted by atomic mass is 16.1. The number of nitrogens with zero attached hydrogens (tertiary/aromatic N) is 2. The number of para-hydroxylation sites is 1. The van der Waals surface area contributed by atoms with E-state index in [-0.39, 0.29) is 5.91 Å². The number of aromatic nitrogens is 2. The topological polar surface area (TPSA) is 46.9 Å². The number of rotatable bonds is 4. The average Bonchev–Trinajstić information content (AvgIpc) is 2.73. The molecule has 94 valence electrons. The first-order valence-corrected chi connectivity index (χ1v) is 5.99. The van der Waals surface area contributed by atoms with Gasteiger partial charge in [-0.25, -0.2) is 4.98 Å². The third kappa shape index (κ3) is 3.20. The van der Waals surface area contributed by atoms with Gasteiger partial charge in [-0.15, -0.1) is 0 Å². The van der Waals surface area contributed by atoms with Crippen LogP contribution in [0.1, 0.15) is 18.2 Å². The van der Waals surface area contributed by atoms with Gasteiger partial charge in [0.1, 0.15) is 0 Å². The second-order valence-electron chi connectivity index (χ2n) is 4.34. The van der Waals surface area contributed by atoms with Gasteiger partial charge in [-0.05, 0) is 25.0 Å². The summed E-state index contributed by atoms with van der Waals surface area (Å²) in [6, 6.07) is 7.88. The van der Waals surface area contributed by atoms with Crippen LogP contribution in [0.4, 0.5) is 5.69 Å². The molecule has 0 saturated heterocycles. The zero-order chi connectivity index (χ0) is 13.0. The standard InChI is InChI=1S/C14H17N3O/c1-11-9-17(10-15-11)8-7-13-5-3-4-6-14(13)16-12(2)18/h3-6,9-10H,7-8H2,1-2H3,(H,16,18). The number of benzene rings is 1. The molecular weight excluding hydrogens is 226 g/mol. The Kier molecular flexibility index (Phi) is 3.77. The first-order valence-electron chi connectivity index (χ1n) is 5.99. The van der Waals surface area contributed by atoms with Crippen LogP contribution in [0.2, 0.25) is 0 Å². The lowest BCUT2D eigenvalue weighted by atomic mass is 10.1. The van der Waals surface area contributed by atoms with Gasteiger partial charge in [0.15, 0.2) is 0 Å². The van der Waals surface area contributed by atoms with Crippen molar-refractivity contribution in [2.75, 3.05) is 5.32 Å². The van der Waals surface area contributed by atoms with E-state index in [1.165, 1.54) is 6.92 Å². The van der Waals surface area contributed by atoms with Gasteiger partial charge >= 0.3 is 0 Å². The fourth-order valence-corrected chi connectivity index (χ4v) is 1.89. The number of hydrogen-bond donors (Lipinski definition) is 1. The van der Waals surface area contributed by atoms with Crippen LogP contribution >= 0.6 is 0 Å². The molecule has 18 heavy (non-hydrogen) atoms. The lowest BCUT2D eigenvalue weighted by Crippen LogP contribution is -2.09. The maximum atomic E-state index is 11.1. The molecule has 0 radical (unpaired) electrons. The first-order chi connectivity index (χ1) is 8.65. The summed E-state index contributed by atoms with van der Waals surface area (Å²) < 4.78 is 2.06. The highest BCUT2D eigenvalue weighted by molar-refractivity contribution is 5.89. The van der Waals surface area contributed by atoms with Crippen molar-refractivity contribution >= 4 is 11.6 Å². The minimum atomic E-state index is -0.0408. The number of carbonyl (C=O) groups is 1. The van der Waals surface area contributed by atoms with E-state index in [2.05, 4.69) is 14.9 Å². The number of amides is 1. The van der Waals surface area contributed by atoms with E-state index in [0.29, 0.717) is 0 Å². The Hall–Kier alpha value is -2.10. The van der Waals surface area contributed by atoms with Gasteiger partial charge in [-0.2, -0.15) is 0 Å². The van der Waals surface area contributed by atoms with Crippen LogP contribution in [-0.2, 0) is 17.8 Å². The van der Waals surface area contributed by atoms with Crippen molar-refractivity contribution in [1.82, 2.24) is 9.55 Å². The molecule has 1 heterocycles. The van der Waals surface area contributed by atoms with Crippen LogP contribution in [0.25, 0.3) is 0 Å². The van der Waals surface area contributed by atoms with E-state index in [4.69, 9.17) is 0 Å². The van der Waals surface area contributed by atoms with E-state index >= 15 is 0 Å². The smallest absolute Gasteiger partial charge is 0.221 e. The van der Waals surface area contributed by atoms with Crippen LogP contribution in [0.5, 0.6) is 0 Å². The fraction of sp³-hybridized carbons (Fsp3) is 0.286. The van der Waals surface area contributed by atoms with Crippen LogP contribution in [0.3, 0.4) is 0 Å². The van der Waals surface area contributed by atoms with Crippen LogP contribution in [0, 0.1) is 6.92 Å². The molecule has 0 aliphatic carbocycles. The molecular formula is C14H17N3O. The van der Waals surface area contributed by atoms with E-state index in [1.807, 2.05) is 43.7 Å². The lowest BCUT2D eigenvalue weighted by Gasteiger charge is -2.09. The van der Waals surface area contributed by atoms with Gasteiger partial charge in [-0.3, -0.25) is 4.79 Å². The van der Waals surface area contributed by atoms with Crippen LogP contribution in [-0.4, -0.2) is 15.5 Å². The van der Waals surface area contributed by atoms with Gasteiger partial charge in [0.2, 0.25) is 5.91 Å². The molecule has 0 spiro atoms. The molecule has 2 rings (SSSR count). The monoisotopic (exact) mass is 243 g/mol. The summed E-state index contributed by atoms with van der Waals surface area (Å²) >= 11 is 0. The Morgan fingerprint density at radius 1 is 1.39 bits per heavy atom. The zero-order valence-electron chi connectivity index (χ0n) is 10.7. The Labute approximate surface area is 107 Å². The predicted molar refractivity (Wildman–Crippen MR) is 71.4 cm³/mol. The summed E-state index contributed by atoms with van der Waals surface area (Å²) in [5.74, 6) is -0.0408. The van der Waals surface area contributed by atoms with Crippen LogP contribution < -0.4 is 5.32 Å². The van der Waals surface area contributed by atoms with Gasteiger partial charge in [-0.1, -0.05) is 18.2 Å². The quantitative estimate of drug-likeness (QED) is 0.896. The molecule has 4 heteroatoms. The Morgan fingerprint density at radius 2 is 2.17 bits per heavy atom. The molecule has 0 bridgehead atoms. The molecule has 0 fully saturated rings. The van der Waals surface area contributed by atoms with Crippen molar-refractivity contribution in [3.8, 4) is 0 Å². The van der Waals surface area contributed by atoms with Gasteiger partial charge in [0, 0.05) is 25.4 Å². The van der Waals surface area contributed by atoms with Crippen LogP contribution in [0.15, 0.2) is 36.8 Å². The number of imidazole rings is 1. The number of aryl methyl sites for hydroxylation is 3. The van der Waals surface area contributed by atoms with Gasteiger partial charge in [0.05, 0.1) is 12.0 Å². The summed E-state index contributed by atoms with van der Waals surface area (Å²) in [5.41, 5.74) is 3.05. The van der Waals surface area contributed by atoms with E-state index in [1.54, 1.807) is 0 Å². The van der Waals surface area contributed by atoms with Crippen molar-refractivity contribution in [3.05, 3.63) is 48.0 Å². The summed E-state index contributed by atoms with van der Waals surface area (Å²) in [5, 5.41) is 2.85. The minimum Gasteiger partial charge on any atom is -0.337 e. The molecule has 2 aromatic rings. The van der Waals surface area contributed by atoms with Gasteiger partial charge in [0.25, 0.3) is 0 Å². The molecule has 0 saturated carbocycles. The first kappa shape index (κ1) is 12.4. The Bertz CT molecular complexity index is 545. The average molecular weight is 243 g/mol. The number of hydrogen-bond acceptors (Lipinski definition) is 2. The third-order valence-corrected chi connectivity index (χ3v) is 2.73. The van der Waals surface area contributed by atoms with Crippen molar-refractivity contribution in [3.63, 3.8) is 0 Å². The molecule has 1 N–H and O–H groups in total. The maximum absolute atomic E-state index is 11.1. The molecule has 1 aromatic heterocycles. The predicted octanol–water partition coefficient (Wildman–Crippen LogP) is 2.39.